The summed E-state index contributed by atoms with van der Waals surface area (Å²) in [7, 11) is 0. The third kappa shape index (κ3) is 4.23. The van der Waals surface area contributed by atoms with Crippen LogP contribution in [0.2, 0.25) is 0 Å². The van der Waals surface area contributed by atoms with Crippen LogP contribution in [0.15, 0.2) is 34.2 Å². The Hall–Kier alpha value is -1.04. The third-order valence-electron chi connectivity index (χ3n) is 2.70. The molecule has 100 valence electrons. The van der Waals surface area contributed by atoms with Crippen LogP contribution in [0.5, 0.6) is 0 Å². The Bertz CT molecular complexity index is 568. The second kappa shape index (κ2) is 6.93. The van der Waals surface area contributed by atoms with Gasteiger partial charge in [0.25, 0.3) is 0 Å². The van der Waals surface area contributed by atoms with Crippen molar-refractivity contribution in [3.63, 3.8) is 0 Å². The van der Waals surface area contributed by atoms with Crippen LogP contribution in [0.4, 0.5) is 0 Å². The highest BCUT2D eigenvalue weighted by atomic mass is 79.9. The van der Waals surface area contributed by atoms with E-state index in [4.69, 9.17) is 4.74 Å². The summed E-state index contributed by atoms with van der Waals surface area (Å²) < 4.78 is 6.33. The van der Waals surface area contributed by atoms with Gasteiger partial charge in [-0.1, -0.05) is 28.1 Å². The number of thiazole rings is 1. The highest BCUT2D eigenvalue weighted by molar-refractivity contribution is 9.10. The maximum Gasteiger partial charge on any atom is 0.188 e. The number of aromatic nitrogens is 1. The predicted molar refractivity (Wildman–Crippen MR) is 79.8 cm³/mol. The number of carbonyl (C=O) groups is 1. The lowest BCUT2D eigenvalue weighted by Crippen LogP contribution is -2.10. The number of nitrogens with zero attached hydrogens (tertiary/aromatic N) is 1. The fraction of sp³-hybridized carbons (Fsp3) is 0.286. The van der Waals surface area contributed by atoms with Crippen molar-refractivity contribution in [1.29, 1.82) is 0 Å². The molecule has 0 unspecified atom stereocenters. The fourth-order valence-electron chi connectivity index (χ4n) is 1.64. The summed E-state index contributed by atoms with van der Waals surface area (Å²) in [6.07, 6.45) is 0.808. The number of aryl methyl sites for hydroxylation is 1. The lowest BCUT2D eigenvalue weighted by molar-refractivity contribution is 0.0766. The number of hydrogen-bond acceptors (Lipinski definition) is 4. The molecular weight excluding hydrogens is 326 g/mol. The molecule has 0 spiro atoms. The summed E-state index contributed by atoms with van der Waals surface area (Å²) in [6.45, 7) is 2.65. The molecular formula is C14H14BrNO2S. The quantitative estimate of drug-likeness (QED) is 0.595. The molecule has 0 bridgehead atoms. The maximum atomic E-state index is 11.9. The standard InChI is InChI=1S/C14H14BrNO2S/c1-10-14(19-9-16-10)5-6-18-8-13(17)11-3-2-4-12(15)7-11/h2-4,7,9H,5-6,8H2,1H3. The van der Waals surface area contributed by atoms with Crippen molar-refractivity contribution in [1.82, 2.24) is 4.98 Å². The first-order valence-electron chi connectivity index (χ1n) is 5.92. The molecule has 1 aromatic carbocycles. The summed E-state index contributed by atoms with van der Waals surface area (Å²) in [4.78, 5) is 17.3. The lowest BCUT2D eigenvalue weighted by Gasteiger charge is -2.04. The molecule has 5 heteroatoms. The number of ether oxygens (including phenoxy) is 1. The van der Waals surface area contributed by atoms with E-state index in [2.05, 4.69) is 20.9 Å². The van der Waals surface area contributed by atoms with E-state index in [0.29, 0.717) is 12.2 Å². The fourth-order valence-corrected chi connectivity index (χ4v) is 2.80. The van der Waals surface area contributed by atoms with Crippen molar-refractivity contribution < 1.29 is 9.53 Å². The molecule has 0 fully saturated rings. The van der Waals surface area contributed by atoms with E-state index in [1.165, 1.54) is 4.88 Å². The van der Waals surface area contributed by atoms with Crippen molar-refractivity contribution in [2.24, 2.45) is 0 Å². The number of benzene rings is 1. The zero-order chi connectivity index (χ0) is 13.7. The van der Waals surface area contributed by atoms with Crippen LogP contribution in [-0.4, -0.2) is 24.0 Å². The molecule has 0 saturated carbocycles. The van der Waals surface area contributed by atoms with Crippen molar-refractivity contribution in [2.45, 2.75) is 13.3 Å². The molecule has 1 heterocycles. The molecule has 19 heavy (non-hydrogen) atoms. The van der Waals surface area contributed by atoms with Crippen LogP contribution in [0, 0.1) is 6.92 Å². The van der Waals surface area contributed by atoms with E-state index >= 15 is 0 Å². The van der Waals surface area contributed by atoms with E-state index in [0.717, 1.165) is 16.6 Å². The largest absolute Gasteiger partial charge is 0.373 e. The van der Waals surface area contributed by atoms with Gasteiger partial charge >= 0.3 is 0 Å². The first kappa shape index (κ1) is 14.4. The molecule has 2 aromatic rings. The van der Waals surface area contributed by atoms with Crippen LogP contribution >= 0.6 is 27.3 Å². The summed E-state index contributed by atoms with van der Waals surface area (Å²) in [5.74, 6) is 0.00215. The van der Waals surface area contributed by atoms with Gasteiger partial charge in [-0.05, 0) is 19.1 Å². The topological polar surface area (TPSA) is 39.2 Å². The summed E-state index contributed by atoms with van der Waals surface area (Å²) in [5, 5.41) is 0. The van der Waals surface area contributed by atoms with E-state index in [1.54, 1.807) is 23.5 Å². The van der Waals surface area contributed by atoms with E-state index in [-0.39, 0.29) is 12.4 Å². The molecule has 0 aliphatic carbocycles. The van der Waals surface area contributed by atoms with Gasteiger partial charge < -0.3 is 4.74 Å². The summed E-state index contributed by atoms with van der Waals surface area (Å²) in [6, 6.07) is 7.34. The lowest BCUT2D eigenvalue weighted by atomic mass is 10.1. The summed E-state index contributed by atoms with van der Waals surface area (Å²) in [5.41, 5.74) is 3.55. The Morgan fingerprint density at radius 2 is 2.32 bits per heavy atom. The average molecular weight is 340 g/mol. The van der Waals surface area contributed by atoms with Gasteiger partial charge in [0.15, 0.2) is 5.78 Å². The maximum absolute atomic E-state index is 11.9. The first-order valence-corrected chi connectivity index (χ1v) is 7.59. The number of hydrogen-bond donors (Lipinski definition) is 0. The number of halogens is 1. The van der Waals surface area contributed by atoms with Gasteiger partial charge in [0.2, 0.25) is 0 Å². The highest BCUT2D eigenvalue weighted by Crippen LogP contribution is 2.14. The Kier molecular flexibility index (Phi) is 5.24. The second-order valence-corrected chi connectivity index (χ2v) is 5.95. The zero-order valence-electron chi connectivity index (χ0n) is 10.6. The minimum Gasteiger partial charge on any atom is -0.373 e. The molecule has 0 N–H and O–H groups in total. The van der Waals surface area contributed by atoms with Crippen LogP contribution in [-0.2, 0) is 11.2 Å². The average Bonchev–Trinajstić information content (AvgIpc) is 2.80. The Morgan fingerprint density at radius 3 is 3.00 bits per heavy atom. The van der Waals surface area contributed by atoms with Gasteiger partial charge in [-0.2, -0.15) is 0 Å². The van der Waals surface area contributed by atoms with Gasteiger partial charge in [0.1, 0.15) is 6.61 Å². The Balaban J connectivity index is 1.77. The van der Waals surface area contributed by atoms with Crippen molar-refractivity contribution in [2.75, 3.05) is 13.2 Å². The van der Waals surface area contributed by atoms with Gasteiger partial charge in [-0.15, -0.1) is 11.3 Å². The van der Waals surface area contributed by atoms with Gasteiger partial charge in [-0.3, -0.25) is 4.79 Å². The number of rotatable bonds is 6. The molecule has 0 saturated heterocycles. The number of Topliss-reactive ketones (excluding diaryl/α,β-unsaturated/α-hetero) is 1. The van der Waals surface area contributed by atoms with Gasteiger partial charge in [0, 0.05) is 21.3 Å². The normalized spacial score (nSPS) is 10.6. The van der Waals surface area contributed by atoms with E-state index in [9.17, 15) is 4.79 Å². The Labute approximate surface area is 124 Å². The van der Waals surface area contributed by atoms with Crippen LogP contribution in [0.25, 0.3) is 0 Å². The van der Waals surface area contributed by atoms with Crippen molar-refractivity contribution >= 4 is 33.0 Å². The zero-order valence-corrected chi connectivity index (χ0v) is 13.0. The minimum absolute atomic E-state index is 0.00215. The molecule has 3 nitrogen and oxygen atoms in total. The first-order chi connectivity index (χ1) is 9.16. The van der Waals surface area contributed by atoms with Crippen LogP contribution in [0.3, 0.4) is 0 Å². The van der Waals surface area contributed by atoms with Crippen molar-refractivity contribution in [3.8, 4) is 0 Å². The van der Waals surface area contributed by atoms with Crippen LogP contribution < -0.4 is 0 Å². The number of ketones is 1. The third-order valence-corrected chi connectivity index (χ3v) is 4.19. The SMILES string of the molecule is Cc1ncsc1CCOCC(=O)c1cccc(Br)c1. The molecule has 0 aliphatic heterocycles. The smallest absolute Gasteiger partial charge is 0.188 e. The molecule has 0 radical (unpaired) electrons. The van der Waals surface area contributed by atoms with Gasteiger partial charge in [-0.25, -0.2) is 4.98 Å². The second-order valence-electron chi connectivity index (χ2n) is 4.10. The summed E-state index contributed by atoms with van der Waals surface area (Å²) >= 11 is 4.97. The molecule has 0 aliphatic rings. The molecule has 0 amide bonds. The van der Waals surface area contributed by atoms with Crippen molar-refractivity contribution in [3.05, 3.63) is 50.4 Å². The molecule has 2 rings (SSSR count). The van der Waals surface area contributed by atoms with Crippen LogP contribution in [0.1, 0.15) is 20.9 Å². The monoisotopic (exact) mass is 339 g/mol. The van der Waals surface area contributed by atoms with E-state index in [1.807, 2.05) is 24.6 Å². The van der Waals surface area contributed by atoms with E-state index < -0.39 is 0 Å². The number of carbonyl (C=O) groups excluding carboxylic acids is 1. The predicted octanol–water partition coefficient (Wildman–Crippen LogP) is 3.66. The van der Waals surface area contributed by atoms with Gasteiger partial charge in [0.05, 0.1) is 17.8 Å². The molecule has 0 atom stereocenters. The highest BCUT2D eigenvalue weighted by Gasteiger charge is 2.07. The Morgan fingerprint density at radius 1 is 1.47 bits per heavy atom. The minimum atomic E-state index is 0.00215. The molecule has 1 aromatic heterocycles.